The summed E-state index contributed by atoms with van der Waals surface area (Å²) in [7, 11) is 0. The van der Waals surface area contributed by atoms with E-state index in [1.807, 2.05) is 30.3 Å². The fourth-order valence-electron chi connectivity index (χ4n) is 1.50. The van der Waals surface area contributed by atoms with Crippen LogP contribution in [0.5, 0.6) is 0 Å². The first-order chi connectivity index (χ1) is 8.25. The van der Waals surface area contributed by atoms with E-state index in [0.717, 1.165) is 5.69 Å². The van der Waals surface area contributed by atoms with Crippen molar-refractivity contribution in [3.05, 3.63) is 63.4 Å². The second kappa shape index (κ2) is 5.16. The third-order valence-corrected chi connectivity index (χ3v) is 2.35. The normalized spacial score (nSPS) is 10.1. The van der Waals surface area contributed by atoms with Gasteiger partial charge < -0.3 is 5.32 Å². The molecular weight excluding hydrogens is 218 g/mol. The molecule has 0 saturated heterocycles. The molecule has 0 bridgehead atoms. The van der Waals surface area contributed by atoms with Crippen LogP contribution in [-0.4, -0.2) is 16.1 Å². The zero-order chi connectivity index (χ0) is 12.1. The maximum Gasteiger partial charge on any atom is 0.328 e. The van der Waals surface area contributed by atoms with E-state index in [4.69, 9.17) is 0 Å². The van der Waals surface area contributed by atoms with Crippen molar-refractivity contribution in [2.45, 2.75) is 6.54 Å². The Morgan fingerprint density at radius 3 is 2.59 bits per heavy atom. The van der Waals surface area contributed by atoms with Crippen LogP contribution in [0.25, 0.3) is 0 Å². The Morgan fingerprint density at radius 2 is 1.88 bits per heavy atom. The fourth-order valence-corrected chi connectivity index (χ4v) is 1.50. The summed E-state index contributed by atoms with van der Waals surface area (Å²) in [6, 6.07) is 11.1. The lowest BCUT2D eigenvalue weighted by molar-refractivity contribution is 0.669. The molecule has 2 rings (SSSR count). The molecule has 1 aromatic heterocycles. The van der Waals surface area contributed by atoms with Crippen LogP contribution in [0.2, 0.25) is 0 Å². The van der Waals surface area contributed by atoms with Crippen molar-refractivity contribution in [1.82, 2.24) is 9.55 Å². The second-order valence-electron chi connectivity index (χ2n) is 3.60. The van der Waals surface area contributed by atoms with Crippen LogP contribution in [0.1, 0.15) is 0 Å². The Morgan fingerprint density at radius 1 is 1.12 bits per heavy atom. The summed E-state index contributed by atoms with van der Waals surface area (Å²) in [5, 5.41) is 3.18. The van der Waals surface area contributed by atoms with E-state index in [9.17, 15) is 9.59 Å². The molecule has 0 aliphatic rings. The number of hydrogen-bond acceptors (Lipinski definition) is 3. The van der Waals surface area contributed by atoms with E-state index in [-0.39, 0.29) is 11.2 Å². The van der Waals surface area contributed by atoms with Crippen molar-refractivity contribution in [1.29, 1.82) is 0 Å². The third-order valence-electron chi connectivity index (χ3n) is 2.35. The first-order valence-electron chi connectivity index (χ1n) is 5.34. The summed E-state index contributed by atoms with van der Waals surface area (Å²) in [6.07, 6.45) is 1.49. The molecule has 0 unspecified atom stereocenters. The zero-order valence-corrected chi connectivity index (χ0v) is 9.22. The van der Waals surface area contributed by atoms with Crippen LogP contribution < -0.4 is 16.6 Å². The van der Waals surface area contributed by atoms with Crippen molar-refractivity contribution >= 4 is 5.69 Å². The molecule has 0 fully saturated rings. The fraction of sp³-hybridized carbons (Fsp3) is 0.167. The number of nitrogens with one attached hydrogen (secondary N) is 2. The summed E-state index contributed by atoms with van der Waals surface area (Å²) in [5.74, 6) is 0. The molecule has 5 nitrogen and oxygen atoms in total. The summed E-state index contributed by atoms with van der Waals surface area (Å²) in [6.45, 7) is 1.13. The molecule has 0 saturated carbocycles. The van der Waals surface area contributed by atoms with E-state index in [1.54, 1.807) is 0 Å². The van der Waals surface area contributed by atoms with Gasteiger partial charge in [-0.25, -0.2) is 4.79 Å². The average molecular weight is 231 g/mol. The summed E-state index contributed by atoms with van der Waals surface area (Å²) < 4.78 is 1.46. The minimum atomic E-state index is -0.382. The molecule has 0 amide bonds. The molecule has 0 aliphatic carbocycles. The lowest BCUT2D eigenvalue weighted by atomic mass is 10.3. The molecule has 0 atom stereocenters. The number of hydrogen-bond donors (Lipinski definition) is 2. The van der Waals surface area contributed by atoms with Gasteiger partial charge in [-0.1, -0.05) is 18.2 Å². The van der Waals surface area contributed by atoms with E-state index >= 15 is 0 Å². The van der Waals surface area contributed by atoms with E-state index in [0.29, 0.717) is 13.1 Å². The Kier molecular flexibility index (Phi) is 3.40. The van der Waals surface area contributed by atoms with Crippen molar-refractivity contribution in [2.24, 2.45) is 0 Å². The van der Waals surface area contributed by atoms with Crippen LogP contribution in [-0.2, 0) is 6.54 Å². The van der Waals surface area contributed by atoms with Crippen LogP contribution in [0.3, 0.4) is 0 Å². The Bertz CT molecular complexity index is 586. The number of rotatable bonds is 4. The van der Waals surface area contributed by atoms with Gasteiger partial charge in [0.15, 0.2) is 0 Å². The standard InChI is InChI=1S/C12H13N3O2/c16-11-6-8-15(12(17)14-11)9-7-13-10-4-2-1-3-5-10/h1-6,8,13H,7,9H2,(H,14,16,17). The smallest absolute Gasteiger partial charge is 0.328 e. The van der Waals surface area contributed by atoms with Crippen LogP contribution >= 0.6 is 0 Å². The largest absolute Gasteiger partial charge is 0.383 e. The van der Waals surface area contributed by atoms with E-state index in [1.165, 1.54) is 16.8 Å². The molecule has 1 heterocycles. The lowest BCUT2D eigenvalue weighted by Crippen LogP contribution is -2.30. The highest BCUT2D eigenvalue weighted by Gasteiger charge is 1.95. The van der Waals surface area contributed by atoms with Crippen molar-refractivity contribution in [3.8, 4) is 0 Å². The van der Waals surface area contributed by atoms with Gasteiger partial charge in [0.1, 0.15) is 0 Å². The first kappa shape index (κ1) is 11.2. The molecule has 0 aliphatic heterocycles. The van der Waals surface area contributed by atoms with Crippen molar-refractivity contribution in [3.63, 3.8) is 0 Å². The highest BCUT2D eigenvalue weighted by Crippen LogP contribution is 2.03. The van der Waals surface area contributed by atoms with Gasteiger partial charge in [0.05, 0.1) is 0 Å². The summed E-state index contributed by atoms with van der Waals surface area (Å²) in [5.41, 5.74) is 0.250. The van der Waals surface area contributed by atoms with Gasteiger partial charge in [-0.3, -0.25) is 14.3 Å². The quantitative estimate of drug-likeness (QED) is 0.811. The molecule has 17 heavy (non-hydrogen) atoms. The number of nitrogens with zero attached hydrogens (tertiary/aromatic N) is 1. The first-order valence-corrected chi connectivity index (χ1v) is 5.34. The second-order valence-corrected chi connectivity index (χ2v) is 3.60. The molecule has 5 heteroatoms. The lowest BCUT2D eigenvalue weighted by Gasteiger charge is -2.07. The molecule has 1 aromatic carbocycles. The molecule has 2 aromatic rings. The predicted molar refractivity (Wildman–Crippen MR) is 66.3 cm³/mol. The maximum atomic E-state index is 11.4. The van der Waals surface area contributed by atoms with Gasteiger partial charge in [0.25, 0.3) is 5.56 Å². The molecule has 2 N–H and O–H groups in total. The Balaban J connectivity index is 1.95. The van der Waals surface area contributed by atoms with Gasteiger partial charge in [-0.05, 0) is 12.1 Å². The Hall–Kier alpha value is -2.30. The average Bonchev–Trinajstić information content (AvgIpc) is 2.33. The minimum Gasteiger partial charge on any atom is -0.383 e. The van der Waals surface area contributed by atoms with Crippen LogP contribution in [0.4, 0.5) is 5.69 Å². The zero-order valence-electron chi connectivity index (χ0n) is 9.22. The molecule has 88 valence electrons. The SMILES string of the molecule is O=c1ccn(CCNc2ccccc2)c(=O)[nH]1. The molecule has 0 radical (unpaired) electrons. The number of anilines is 1. The predicted octanol–water partition coefficient (Wildman–Crippen LogP) is 0.649. The van der Waals surface area contributed by atoms with Gasteiger partial charge in [0.2, 0.25) is 0 Å². The Labute approximate surface area is 97.7 Å². The monoisotopic (exact) mass is 231 g/mol. The van der Waals surface area contributed by atoms with E-state index in [2.05, 4.69) is 10.3 Å². The number of para-hydroxylation sites is 1. The van der Waals surface area contributed by atoms with Crippen LogP contribution in [0, 0.1) is 0 Å². The number of aromatic amines is 1. The topological polar surface area (TPSA) is 66.9 Å². The van der Waals surface area contributed by atoms with Gasteiger partial charge >= 0.3 is 5.69 Å². The van der Waals surface area contributed by atoms with Crippen LogP contribution in [0.15, 0.2) is 52.2 Å². The maximum absolute atomic E-state index is 11.4. The van der Waals surface area contributed by atoms with Gasteiger partial charge in [0, 0.05) is 31.0 Å². The number of H-pyrrole nitrogens is 1. The van der Waals surface area contributed by atoms with Crippen molar-refractivity contribution in [2.75, 3.05) is 11.9 Å². The molecule has 0 spiro atoms. The van der Waals surface area contributed by atoms with Gasteiger partial charge in [-0.2, -0.15) is 0 Å². The highest BCUT2D eigenvalue weighted by atomic mass is 16.2. The van der Waals surface area contributed by atoms with Crippen molar-refractivity contribution < 1.29 is 0 Å². The number of benzene rings is 1. The summed E-state index contributed by atoms with van der Waals surface area (Å²) in [4.78, 5) is 24.4. The molecular formula is C12H13N3O2. The number of aromatic nitrogens is 2. The van der Waals surface area contributed by atoms with E-state index < -0.39 is 0 Å². The third kappa shape index (κ3) is 3.07. The van der Waals surface area contributed by atoms with Gasteiger partial charge in [-0.15, -0.1) is 0 Å². The minimum absolute atomic E-state index is 0.373. The summed E-state index contributed by atoms with van der Waals surface area (Å²) >= 11 is 0. The highest BCUT2D eigenvalue weighted by molar-refractivity contribution is 5.42.